The lowest BCUT2D eigenvalue weighted by atomic mass is 10.1. The van der Waals surface area contributed by atoms with Gasteiger partial charge in [0, 0.05) is 30.7 Å². The highest BCUT2D eigenvalue weighted by Gasteiger charge is 2.33. The molecule has 2 rings (SSSR count). The number of likely N-dealkylation sites (tertiary alicyclic amines) is 1. The SMILES string of the molecule is CC(=O)SCC1CC(=O)N(C(C)c2ccc(Cl)cc2)C1. The van der Waals surface area contributed by atoms with Gasteiger partial charge in [0.1, 0.15) is 0 Å². The molecular weight excluding hydrogens is 294 g/mol. The molecule has 0 spiro atoms. The average molecular weight is 312 g/mol. The van der Waals surface area contributed by atoms with Crippen molar-refractivity contribution in [3.8, 4) is 0 Å². The highest BCUT2D eigenvalue weighted by Crippen LogP contribution is 2.30. The molecule has 108 valence electrons. The summed E-state index contributed by atoms with van der Waals surface area (Å²) in [5.41, 5.74) is 1.09. The van der Waals surface area contributed by atoms with Gasteiger partial charge in [0.2, 0.25) is 5.91 Å². The van der Waals surface area contributed by atoms with Crippen molar-refractivity contribution in [3.05, 3.63) is 34.9 Å². The van der Waals surface area contributed by atoms with Crippen LogP contribution in [0.15, 0.2) is 24.3 Å². The lowest BCUT2D eigenvalue weighted by Gasteiger charge is -2.25. The number of nitrogens with zero attached hydrogens (tertiary/aromatic N) is 1. The molecule has 2 atom stereocenters. The Kier molecular flexibility index (Phi) is 5.11. The second kappa shape index (κ2) is 6.64. The molecule has 1 aliphatic rings. The second-order valence-corrected chi connectivity index (χ2v) is 6.78. The van der Waals surface area contributed by atoms with Gasteiger partial charge in [-0.05, 0) is 30.5 Å². The van der Waals surface area contributed by atoms with E-state index in [2.05, 4.69) is 0 Å². The fourth-order valence-corrected chi connectivity index (χ4v) is 3.27. The maximum absolute atomic E-state index is 12.1. The molecule has 1 aliphatic heterocycles. The summed E-state index contributed by atoms with van der Waals surface area (Å²) in [6, 6.07) is 7.65. The Morgan fingerprint density at radius 1 is 1.45 bits per heavy atom. The molecule has 3 nitrogen and oxygen atoms in total. The molecule has 1 aromatic carbocycles. The van der Waals surface area contributed by atoms with Gasteiger partial charge < -0.3 is 4.90 Å². The Labute approximate surface area is 128 Å². The number of amides is 1. The summed E-state index contributed by atoms with van der Waals surface area (Å²) < 4.78 is 0. The highest BCUT2D eigenvalue weighted by atomic mass is 35.5. The summed E-state index contributed by atoms with van der Waals surface area (Å²) in [4.78, 5) is 25.0. The minimum absolute atomic E-state index is 0.0482. The molecule has 20 heavy (non-hydrogen) atoms. The summed E-state index contributed by atoms with van der Waals surface area (Å²) in [5.74, 6) is 1.16. The first kappa shape index (κ1) is 15.4. The first-order valence-electron chi connectivity index (χ1n) is 6.65. The smallest absolute Gasteiger partial charge is 0.223 e. The van der Waals surface area contributed by atoms with E-state index in [1.54, 1.807) is 6.92 Å². The van der Waals surface area contributed by atoms with E-state index in [0.29, 0.717) is 11.4 Å². The van der Waals surface area contributed by atoms with Crippen LogP contribution in [0.3, 0.4) is 0 Å². The maximum Gasteiger partial charge on any atom is 0.223 e. The number of hydrogen-bond acceptors (Lipinski definition) is 3. The topological polar surface area (TPSA) is 37.4 Å². The van der Waals surface area contributed by atoms with E-state index in [9.17, 15) is 9.59 Å². The van der Waals surface area contributed by atoms with Crippen LogP contribution in [0.25, 0.3) is 0 Å². The third-order valence-corrected chi connectivity index (χ3v) is 4.88. The molecule has 1 aromatic rings. The second-order valence-electron chi connectivity index (χ2n) is 5.15. The molecule has 1 fully saturated rings. The van der Waals surface area contributed by atoms with Gasteiger partial charge in [0.05, 0.1) is 6.04 Å². The van der Waals surface area contributed by atoms with Gasteiger partial charge in [-0.3, -0.25) is 9.59 Å². The molecule has 0 radical (unpaired) electrons. The number of benzene rings is 1. The Balaban J connectivity index is 2.00. The number of rotatable bonds is 4. The van der Waals surface area contributed by atoms with Gasteiger partial charge in [0.15, 0.2) is 5.12 Å². The summed E-state index contributed by atoms with van der Waals surface area (Å²) >= 11 is 7.19. The minimum Gasteiger partial charge on any atom is -0.336 e. The van der Waals surface area contributed by atoms with Crippen molar-refractivity contribution in [1.82, 2.24) is 4.90 Å². The van der Waals surface area contributed by atoms with Gasteiger partial charge in [-0.2, -0.15) is 0 Å². The average Bonchev–Trinajstić information content (AvgIpc) is 2.78. The van der Waals surface area contributed by atoms with Crippen LogP contribution in [-0.2, 0) is 9.59 Å². The lowest BCUT2D eigenvalue weighted by molar-refractivity contribution is -0.129. The number of carbonyl (C=O) groups is 2. The van der Waals surface area contributed by atoms with Crippen molar-refractivity contribution in [3.63, 3.8) is 0 Å². The fraction of sp³-hybridized carbons (Fsp3) is 0.467. The normalized spacial score (nSPS) is 20.2. The van der Waals surface area contributed by atoms with Crippen molar-refractivity contribution < 1.29 is 9.59 Å². The van der Waals surface area contributed by atoms with Crippen molar-refractivity contribution in [2.45, 2.75) is 26.3 Å². The van der Waals surface area contributed by atoms with Gasteiger partial charge >= 0.3 is 0 Å². The molecule has 0 saturated carbocycles. The monoisotopic (exact) mass is 311 g/mol. The molecule has 1 saturated heterocycles. The number of thioether (sulfide) groups is 1. The van der Waals surface area contributed by atoms with Crippen LogP contribution in [0.1, 0.15) is 31.9 Å². The Bertz CT molecular complexity index is 503. The number of hydrogen-bond donors (Lipinski definition) is 0. The maximum atomic E-state index is 12.1. The minimum atomic E-state index is 0.0482. The standard InChI is InChI=1S/C15H18ClNO2S/c1-10(13-3-5-14(16)6-4-13)17-8-12(7-15(17)19)9-20-11(2)18/h3-6,10,12H,7-9H2,1-2H3. The molecule has 1 amide bonds. The van der Waals surface area contributed by atoms with Crippen LogP contribution in [0.4, 0.5) is 0 Å². The molecule has 0 N–H and O–H groups in total. The molecule has 0 aliphatic carbocycles. The molecule has 1 heterocycles. The highest BCUT2D eigenvalue weighted by molar-refractivity contribution is 8.13. The summed E-state index contributed by atoms with van der Waals surface area (Å²) in [6.45, 7) is 4.32. The Hall–Kier alpha value is -1.00. The van der Waals surface area contributed by atoms with E-state index in [0.717, 1.165) is 17.9 Å². The lowest BCUT2D eigenvalue weighted by Crippen LogP contribution is -2.28. The molecule has 0 aromatic heterocycles. The third-order valence-electron chi connectivity index (χ3n) is 3.58. The summed E-state index contributed by atoms with van der Waals surface area (Å²) in [7, 11) is 0. The fourth-order valence-electron chi connectivity index (χ4n) is 2.45. The number of halogens is 1. The predicted molar refractivity (Wildman–Crippen MR) is 82.8 cm³/mol. The van der Waals surface area contributed by atoms with Crippen LogP contribution < -0.4 is 0 Å². The first-order valence-corrected chi connectivity index (χ1v) is 8.02. The van der Waals surface area contributed by atoms with Gasteiger partial charge in [-0.25, -0.2) is 0 Å². The van der Waals surface area contributed by atoms with Crippen molar-refractivity contribution in [1.29, 1.82) is 0 Å². The molecule has 2 unspecified atom stereocenters. The van der Waals surface area contributed by atoms with Crippen LogP contribution in [0.5, 0.6) is 0 Å². The summed E-state index contributed by atoms with van der Waals surface area (Å²) in [5, 5.41) is 0.811. The largest absolute Gasteiger partial charge is 0.336 e. The number of carbonyl (C=O) groups excluding carboxylic acids is 2. The molecular formula is C15H18ClNO2S. The van der Waals surface area contributed by atoms with Crippen LogP contribution in [0.2, 0.25) is 5.02 Å². The van der Waals surface area contributed by atoms with Crippen molar-refractivity contribution in [2.75, 3.05) is 12.3 Å². The zero-order chi connectivity index (χ0) is 14.7. The van der Waals surface area contributed by atoms with Gasteiger partial charge in [0.25, 0.3) is 0 Å². The Morgan fingerprint density at radius 3 is 2.70 bits per heavy atom. The van der Waals surface area contributed by atoms with Crippen LogP contribution >= 0.6 is 23.4 Å². The van der Waals surface area contributed by atoms with Gasteiger partial charge in [-0.15, -0.1) is 0 Å². The van der Waals surface area contributed by atoms with Gasteiger partial charge in [-0.1, -0.05) is 35.5 Å². The third kappa shape index (κ3) is 3.76. The van der Waals surface area contributed by atoms with Crippen LogP contribution in [-0.4, -0.2) is 28.2 Å². The zero-order valence-electron chi connectivity index (χ0n) is 11.6. The van der Waals surface area contributed by atoms with Crippen molar-refractivity contribution >= 4 is 34.4 Å². The predicted octanol–water partition coefficient (Wildman–Crippen LogP) is 3.53. The van der Waals surface area contributed by atoms with E-state index in [4.69, 9.17) is 11.6 Å². The zero-order valence-corrected chi connectivity index (χ0v) is 13.2. The van der Waals surface area contributed by atoms with E-state index in [1.807, 2.05) is 36.1 Å². The van der Waals surface area contributed by atoms with E-state index in [-0.39, 0.29) is 23.0 Å². The molecule has 0 bridgehead atoms. The Morgan fingerprint density at radius 2 is 2.10 bits per heavy atom. The van der Waals surface area contributed by atoms with Crippen LogP contribution in [0, 0.1) is 5.92 Å². The molecule has 5 heteroatoms. The van der Waals surface area contributed by atoms with E-state index < -0.39 is 0 Å². The quantitative estimate of drug-likeness (QED) is 0.853. The van der Waals surface area contributed by atoms with E-state index >= 15 is 0 Å². The van der Waals surface area contributed by atoms with E-state index in [1.165, 1.54) is 11.8 Å². The van der Waals surface area contributed by atoms with Crippen molar-refractivity contribution in [2.24, 2.45) is 5.92 Å². The summed E-state index contributed by atoms with van der Waals surface area (Å²) in [6.07, 6.45) is 0.540. The first-order chi connectivity index (χ1) is 9.47.